The third-order valence-electron chi connectivity index (χ3n) is 5.14. The molecule has 0 N–H and O–H groups in total. The van der Waals surface area contributed by atoms with E-state index in [2.05, 4.69) is 11.8 Å². The topological polar surface area (TPSA) is 9.23 Å². The molecule has 0 unspecified atom stereocenters. The van der Waals surface area contributed by atoms with E-state index >= 15 is 0 Å². The Morgan fingerprint density at radius 3 is 2.30 bits per heavy atom. The first-order valence-electron chi connectivity index (χ1n) is 10.1. The van der Waals surface area contributed by atoms with E-state index in [1.54, 1.807) is 0 Å². The summed E-state index contributed by atoms with van der Waals surface area (Å²) in [7, 11) is 0. The van der Waals surface area contributed by atoms with Gasteiger partial charge in [-0.15, -0.1) is 0 Å². The van der Waals surface area contributed by atoms with Crippen LogP contribution in [0.5, 0.6) is 5.75 Å². The number of aryl methyl sites for hydroxylation is 2. The van der Waals surface area contributed by atoms with Crippen LogP contribution < -0.4 is 4.74 Å². The van der Waals surface area contributed by atoms with Gasteiger partial charge in [-0.25, -0.2) is 4.39 Å². The minimum atomic E-state index is -0.254. The predicted molar refractivity (Wildman–Crippen MR) is 122 cm³/mol. The van der Waals surface area contributed by atoms with E-state index in [1.165, 1.54) is 6.07 Å². The third-order valence-corrected chi connectivity index (χ3v) is 5.14. The molecule has 0 radical (unpaired) electrons. The van der Waals surface area contributed by atoms with Gasteiger partial charge in [0.1, 0.15) is 11.6 Å². The Kier molecular flexibility index (Phi) is 5.55. The van der Waals surface area contributed by atoms with Gasteiger partial charge < -0.3 is 4.74 Å². The third kappa shape index (κ3) is 4.21. The SMILES string of the molecule is CCOc1ccc2cc(C#Cc3cc(F)c(-c4ccc(C)cc4)cc3C)ccc2c1. The molecule has 0 saturated carbocycles. The zero-order chi connectivity index (χ0) is 21.1. The van der Waals surface area contributed by atoms with Crippen LogP contribution in [0.15, 0.2) is 72.8 Å². The van der Waals surface area contributed by atoms with Crippen molar-refractivity contribution in [3.8, 4) is 28.7 Å². The van der Waals surface area contributed by atoms with Crippen molar-refractivity contribution in [3.05, 3.63) is 101 Å². The van der Waals surface area contributed by atoms with E-state index in [0.29, 0.717) is 17.7 Å². The van der Waals surface area contributed by atoms with Gasteiger partial charge in [0.2, 0.25) is 0 Å². The molecule has 0 heterocycles. The smallest absolute Gasteiger partial charge is 0.132 e. The van der Waals surface area contributed by atoms with Crippen LogP contribution in [0.25, 0.3) is 21.9 Å². The van der Waals surface area contributed by atoms with E-state index in [1.807, 2.05) is 87.5 Å². The summed E-state index contributed by atoms with van der Waals surface area (Å²) in [5, 5.41) is 2.21. The molecule has 0 spiro atoms. The Hall–Kier alpha value is -3.57. The summed E-state index contributed by atoms with van der Waals surface area (Å²) in [5.74, 6) is 6.93. The molecule has 4 rings (SSSR count). The fraction of sp³-hybridized carbons (Fsp3) is 0.143. The number of fused-ring (bicyclic) bond motifs is 1. The summed E-state index contributed by atoms with van der Waals surface area (Å²) in [6, 6.07) is 23.4. The normalized spacial score (nSPS) is 10.5. The summed E-state index contributed by atoms with van der Waals surface area (Å²) < 4.78 is 20.3. The minimum Gasteiger partial charge on any atom is -0.494 e. The van der Waals surface area contributed by atoms with E-state index in [9.17, 15) is 4.39 Å². The number of hydrogen-bond acceptors (Lipinski definition) is 1. The number of rotatable bonds is 3. The second-order valence-electron chi connectivity index (χ2n) is 7.42. The lowest BCUT2D eigenvalue weighted by Gasteiger charge is -2.07. The lowest BCUT2D eigenvalue weighted by atomic mass is 9.98. The van der Waals surface area contributed by atoms with E-state index < -0.39 is 0 Å². The van der Waals surface area contributed by atoms with Gasteiger partial charge in [-0.2, -0.15) is 0 Å². The Morgan fingerprint density at radius 2 is 1.53 bits per heavy atom. The minimum absolute atomic E-state index is 0.254. The Labute approximate surface area is 177 Å². The quantitative estimate of drug-likeness (QED) is 0.338. The van der Waals surface area contributed by atoms with Crippen LogP contribution in [0, 0.1) is 31.5 Å². The van der Waals surface area contributed by atoms with Crippen LogP contribution in [-0.4, -0.2) is 6.61 Å². The molecule has 0 amide bonds. The second-order valence-corrected chi connectivity index (χ2v) is 7.42. The fourth-order valence-electron chi connectivity index (χ4n) is 3.47. The van der Waals surface area contributed by atoms with Crippen LogP contribution in [0.3, 0.4) is 0 Å². The number of ether oxygens (including phenoxy) is 1. The van der Waals surface area contributed by atoms with Gasteiger partial charge in [-0.05, 0) is 79.1 Å². The summed E-state index contributed by atoms with van der Waals surface area (Å²) >= 11 is 0. The Morgan fingerprint density at radius 1 is 0.800 bits per heavy atom. The van der Waals surface area contributed by atoms with Crippen molar-refractivity contribution in [3.63, 3.8) is 0 Å². The summed E-state index contributed by atoms with van der Waals surface area (Å²) in [6.45, 7) is 6.61. The molecule has 0 aromatic heterocycles. The van der Waals surface area contributed by atoms with Gasteiger partial charge in [0.25, 0.3) is 0 Å². The Balaban J connectivity index is 1.64. The molecule has 148 valence electrons. The zero-order valence-corrected chi connectivity index (χ0v) is 17.4. The second kappa shape index (κ2) is 8.43. The first-order chi connectivity index (χ1) is 14.5. The molecule has 0 aliphatic rings. The van der Waals surface area contributed by atoms with E-state index in [0.717, 1.165) is 38.8 Å². The molecule has 0 fully saturated rings. The molecule has 0 bridgehead atoms. The van der Waals surface area contributed by atoms with Crippen LogP contribution in [0.4, 0.5) is 4.39 Å². The van der Waals surface area contributed by atoms with E-state index in [-0.39, 0.29) is 5.82 Å². The van der Waals surface area contributed by atoms with Crippen LogP contribution in [0.2, 0.25) is 0 Å². The maximum Gasteiger partial charge on any atom is 0.132 e. The molecule has 1 nitrogen and oxygen atoms in total. The van der Waals surface area contributed by atoms with Crippen molar-refractivity contribution in [1.82, 2.24) is 0 Å². The average molecular weight is 394 g/mol. The number of benzene rings is 4. The first-order valence-corrected chi connectivity index (χ1v) is 10.1. The van der Waals surface area contributed by atoms with Crippen LogP contribution >= 0.6 is 0 Å². The average Bonchev–Trinajstić information content (AvgIpc) is 2.75. The van der Waals surface area contributed by atoms with Gasteiger partial charge in [0.05, 0.1) is 6.61 Å². The summed E-state index contributed by atoms with van der Waals surface area (Å²) in [5.41, 5.74) is 5.20. The largest absolute Gasteiger partial charge is 0.494 e. The van der Waals surface area contributed by atoms with Crippen molar-refractivity contribution >= 4 is 10.8 Å². The lowest BCUT2D eigenvalue weighted by molar-refractivity contribution is 0.341. The van der Waals surface area contributed by atoms with Crippen molar-refractivity contribution in [2.24, 2.45) is 0 Å². The van der Waals surface area contributed by atoms with Crippen LogP contribution in [-0.2, 0) is 0 Å². The van der Waals surface area contributed by atoms with Crippen molar-refractivity contribution in [2.45, 2.75) is 20.8 Å². The molecule has 0 aliphatic heterocycles. The lowest BCUT2D eigenvalue weighted by Crippen LogP contribution is -1.91. The molecule has 30 heavy (non-hydrogen) atoms. The summed E-state index contributed by atoms with van der Waals surface area (Å²) in [6.07, 6.45) is 0. The van der Waals surface area contributed by atoms with E-state index in [4.69, 9.17) is 4.74 Å². The number of halogens is 1. The highest BCUT2D eigenvalue weighted by Crippen LogP contribution is 2.26. The van der Waals surface area contributed by atoms with Crippen LogP contribution in [0.1, 0.15) is 29.2 Å². The molecule has 2 heteroatoms. The maximum absolute atomic E-state index is 14.8. The summed E-state index contributed by atoms with van der Waals surface area (Å²) in [4.78, 5) is 0. The van der Waals surface area contributed by atoms with Gasteiger partial charge in [-0.3, -0.25) is 0 Å². The first kappa shape index (κ1) is 19.7. The number of hydrogen-bond donors (Lipinski definition) is 0. The molecular weight excluding hydrogens is 371 g/mol. The van der Waals surface area contributed by atoms with Crippen molar-refractivity contribution in [2.75, 3.05) is 6.61 Å². The highest BCUT2D eigenvalue weighted by atomic mass is 19.1. The molecule has 0 atom stereocenters. The maximum atomic E-state index is 14.8. The van der Waals surface area contributed by atoms with Gasteiger partial charge >= 0.3 is 0 Å². The molecule has 0 saturated heterocycles. The van der Waals surface area contributed by atoms with Gasteiger partial charge in [0.15, 0.2) is 0 Å². The molecule has 4 aromatic rings. The standard InChI is InChI=1S/C28H23FO/c1-4-30-26-14-13-24-16-21(8-12-25(24)17-26)7-11-23-18-28(29)27(15-20(23)3)22-9-5-19(2)6-10-22/h5-6,8-10,12-18H,4H2,1-3H3. The molecule has 4 aromatic carbocycles. The predicted octanol–water partition coefficient (Wildman–Crippen LogP) is 7.06. The highest BCUT2D eigenvalue weighted by Gasteiger charge is 2.08. The zero-order valence-electron chi connectivity index (χ0n) is 17.4. The van der Waals surface area contributed by atoms with Gasteiger partial charge in [0, 0.05) is 16.7 Å². The fourth-order valence-corrected chi connectivity index (χ4v) is 3.47. The Bertz CT molecular complexity index is 1270. The molecular formula is C28H23FO. The molecule has 0 aliphatic carbocycles. The van der Waals surface area contributed by atoms with Gasteiger partial charge in [-0.1, -0.05) is 53.8 Å². The monoisotopic (exact) mass is 394 g/mol. The van der Waals surface area contributed by atoms with Crippen molar-refractivity contribution < 1.29 is 9.13 Å². The van der Waals surface area contributed by atoms with Crippen molar-refractivity contribution in [1.29, 1.82) is 0 Å². The highest BCUT2D eigenvalue weighted by molar-refractivity contribution is 5.85.